The molecule has 146 valence electrons. The van der Waals surface area contributed by atoms with Crippen LogP contribution in [0.4, 0.5) is 0 Å². The van der Waals surface area contributed by atoms with E-state index in [0.29, 0.717) is 17.4 Å². The van der Waals surface area contributed by atoms with Crippen LogP contribution in [0.2, 0.25) is 0 Å². The Morgan fingerprint density at radius 1 is 1.15 bits per heavy atom. The molecule has 0 aromatic heterocycles. The molecule has 2 rings (SSSR count). The second-order valence-electron chi connectivity index (χ2n) is 7.00. The second kappa shape index (κ2) is 9.90. The van der Waals surface area contributed by atoms with E-state index >= 15 is 0 Å². The number of hydrogen-bond donors (Lipinski definition) is 1. The van der Waals surface area contributed by atoms with E-state index in [0.717, 1.165) is 18.4 Å². The van der Waals surface area contributed by atoms with Gasteiger partial charge in [-0.1, -0.05) is 38.8 Å². The summed E-state index contributed by atoms with van der Waals surface area (Å²) in [5, 5.41) is 2.97. The Balaban J connectivity index is 1.77. The molecule has 0 bridgehead atoms. The molecule has 6 heteroatoms. The van der Waals surface area contributed by atoms with E-state index in [4.69, 9.17) is 4.74 Å². The lowest BCUT2D eigenvalue weighted by atomic mass is 9.78. The third-order valence-corrected chi connectivity index (χ3v) is 5.14. The van der Waals surface area contributed by atoms with Crippen molar-refractivity contribution >= 4 is 23.9 Å². The van der Waals surface area contributed by atoms with E-state index in [-0.39, 0.29) is 18.6 Å². The second-order valence-corrected chi connectivity index (χ2v) is 7.00. The highest BCUT2D eigenvalue weighted by molar-refractivity contribution is 5.91. The highest BCUT2D eigenvalue weighted by Gasteiger charge is 2.28. The lowest BCUT2D eigenvalue weighted by molar-refractivity contribution is -0.144. The normalized spacial score (nSPS) is 22.3. The number of carbonyl (C=O) groups excluding carboxylic acids is 3. The van der Waals surface area contributed by atoms with Crippen LogP contribution < -0.4 is 5.32 Å². The number of hydrogen-bond acceptors (Lipinski definition) is 5. The first-order valence-corrected chi connectivity index (χ1v) is 9.23. The summed E-state index contributed by atoms with van der Waals surface area (Å²) in [6.07, 6.45) is 6.08. The molecule has 1 aliphatic carbocycles. The molecule has 1 aromatic carbocycles. The Bertz CT molecular complexity index is 695. The quantitative estimate of drug-likeness (QED) is 0.612. The highest BCUT2D eigenvalue weighted by Crippen LogP contribution is 2.29. The van der Waals surface area contributed by atoms with Gasteiger partial charge in [-0.2, -0.15) is 0 Å². The predicted molar refractivity (Wildman–Crippen MR) is 102 cm³/mol. The van der Waals surface area contributed by atoms with Gasteiger partial charge in [-0.25, -0.2) is 9.59 Å². The van der Waals surface area contributed by atoms with Crippen LogP contribution in [0.5, 0.6) is 0 Å². The number of ether oxygens (including phenoxy) is 2. The standard InChI is InChI=1S/C21H27NO5/c1-14-5-4-6-18(15(14)2)22-19(23)13-27-20(24)12-9-16-7-10-17(11-8-16)21(25)26-3/h7-12,14-15,18H,4-6,13H2,1-3H3,(H,22,23)/b12-9+/t14-,15-,18+/m1/s1. The third-order valence-electron chi connectivity index (χ3n) is 5.14. The molecular formula is C21H27NO5. The van der Waals surface area contributed by atoms with Gasteiger partial charge in [0.1, 0.15) is 0 Å². The summed E-state index contributed by atoms with van der Waals surface area (Å²) >= 11 is 0. The number of amides is 1. The minimum atomic E-state index is -0.591. The van der Waals surface area contributed by atoms with E-state index in [9.17, 15) is 14.4 Å². The molecule has 0 saturated heterocycles. The number of methoxy groups -OCH3 is 1. The monoisotopic (exact) mass is 373 g/mol. The van der Waals surface area contributed by atoms with Crippen molar-refractivity contribution in [2.45, 2.75) is 39.2 Å². The minimum absolute atomic E-state index is 0.142. The lowest BCUT2D eigenvalue weighted by Gasteiger charge is -2.34. The van der Waals surface area contributed by atoms with Gasteiger partial charge in [0.25, 0.3) is 5.91 Å². The van der Waals surface area contributed by atoms with Gasteiger partial charge in [0.15, 0.2) is 6.61 Å². The van der Waals surface area contributed by atoms with Crippen molar-refractivity contribution in [1.29, 1.82) is 0 Å². The molecule has 27 heavy (non-hydrogen) atoms. The molecule has 0 aliphatic heterocycles. The SMILES string of the molecule is COC(=O)c1ccc(/C=C/C(=O)OCC(=O)N[C@H]2CCC[C@@H](C)[C@H]2C)cc1. The zero-order chi connectivity index (χ0) is 19.8. The topological polar surface area (TPSA) is 81.7 Å². The van der Waals surface area contributed by atoms with Gasteiger partial charge in [0, 0.05) is 12.1 Å². The molecule has 1 N–H and O–H groups in total. The summed E-state index contributed by atoms with van der Waals surface area (Å²) in [7, 11) is 1.32. The average Bonchev–Trinajstić information content (AvgIpc) is 2.68. The van der Waals surface area contributed by atoms with E-state index < -0.39 is 11.9 Å². The number of rotatable bonds is 6. The van der Waals surface area contributed by atoms with Crippen molar-refractivity contribution in [3.05, 3.63) is 41.5 Å². The zero-order valence-electron chi connectivity index (χ0n) is 16.1. The lowest BCUT2D eigenvalue weighted by Crippen LogP contribution is -2.45. The molecule has 6 nitrogen and oxygen atoms in total. The van der Waals surface area contributed by atoms with E-state index in [2.05, 4.69) is 23.9 Å². The largest absolute Gasteiger partial charge is 0.465 e. The predicted octanol–water partition coefficient (Wildman–Crippen LogP) is 2.97. The molecule has 1 fully saturated rings. The van der Waals surface area contributed by atoms with Gasteiger partial charge in [0.05, 0.1) is 12.7 Å². The van der Waals surface area contributed by atoms with Crippen molar-refractivity contribution in [3.63, 3.8) is 0 Å². The number of carbonyl (C=O) groups is 3. The van der Waals surface area contributed by atoms with Gasteiger partial charge in [-0.05, 0) is 42.0 Å². The minimum Gasteiger partial charge on any atom is -0.465 e. The van der Waals surface area contributed by atoms with E-state index in [1.54, 1.807) is 30.3 Å². The van der Waals surface area contributed by atoms with Crippen molar-refractivity contribution in [3.8, 4) is 0 Å². The van der Waals surface area contributed by atoms with Gasteiger partial charge >= 0.3 is 11.9 Å². The Morgan fingerprint density at radius 2 is 1.85 bits per heavy atom. The van der Waals surface area contributed by atoms with Gasteiger partial charge in [-0.15, -0.1) is 0 Å². The van der Waals surface area contributed by atoms with Crippen LogP contribution in [0.1, 0.15) is 49.0 Å². The summed E-state index contributed by atoms with van der Waals surface area (Å²) in [5.74, 6) is -0.277. The summed E-state index contributed by atoms with van der Waals surface area (Å²) in [6.45, 7) is 4.06. The van der Waals surface area contributed by atoms with Crippen molar-refractivity contribution in [2.75, 3.05) is 13.7 Å². The summed E-state index contributed by atoms with van der Waals surface area (Å²) in [6, 6.07) is 6.74. The van der Waals surface area contributed by atoms with E-state index in [1.165, 1.54) is 19.6 Å². The molecule has 1 saturated carbocycles. The molecule has 0 radical (unpaired) electrons. The van der Waals surface area contributed by atoms with Crippen LogP contribution in [0.15, 0.2) is 30.3 Å². The van der Waals surface area contributed by atoms with Crippen molar-refractivity contribution in [1.82, 2.24) is 5.32 Å². The van der Waals surface area contributed by atoms with Gasteiger partial charge in [-0.3, -0.25) is 4.79 Å². The van der Waals surface area contributed by atoms with Gasteiger partial charge in [0.2, 0.25) is 0 Å². The molecule has 1 aliphatic rings. The smallest absolute Gasteiger partial charge is 0.337 e. The number of esters is 2. The number of benzene rings is 1. The Hall–Kier alpha value is -2.63. The Kier molecular flexibility index (Phi) is 7.58. The fraction of sp³-hybridized carbons (Fsp3) is 0.476. The highest BCUT2D eigenvalue weighted by atomic mass is 16.5. The zero-order valence-corrected chi connectivity index (χ0v) is 16.1. The fourth-order valence-electron chi connectivity index (χ4n) is 3.23. The van der Waals surface area contributed by atoms with Crippen LogP contribution in [-0.4, -0.2) is 37.6 Å². The first kappa shape index (κ1) is 20.7. The van der Waals surface area contributed by atoms with Crippen molar-refractivity contribution < 1.29 is 23.9 Å². The van der Waals surface area contributed by atoms with Crippen molar-refractivity contribution in [2.24, 2.45) is 11.8 Å². The summed E-state index contributed by atoms with van der Waals surface area (Å²) in [5.41, 5.74) is 1.16. The first-order chi connectivity index (χ1) is 12.9. The molecule has 1 amide bonds. The molecular weight excluding hydrogens is 346 g/mol. The van der Waals surface area contributed by atoms with Crippen LogP contribution in [0, 0.1) is 11.8 Å². The fourth-order valence-corrected chi connectivity index (χ4v) is 3.23. The summed E-state index contributed by atoms with van der Waals surface area (Å²) in [4.78, 5) is 35.2. The maximum atomic E-state index is 12.0. The molecule has 1 aromatic rings. The average molecular weight is 373 g/mol. The van der Waals surface area contributed by atoms with E-state index in [1.807, 2.05) is 0 Å². The van der Waals surface area contributed by atoms with Crippen LogP contribution in [0.25, 0.3) is 6.08 Å². The number of nitrogens with one attached hydrogen (secondary N) is 1. The maximum absolute atomic E-state index is 12.0. The Labute approximate surface area is 159 Å². The molecule has 0 unspecified atom stereocenters. The molecule has 3 atom stereocenters. The van der Waals surface area contributed by atoms with Crippen LogP contribution in [-0.2, 0) is 19.1 Å². The molecule has 0 spiro atoms. The Morgan fingerprint density at radius 3 is 2.52 bits per heavy atom. The maximum Gasteiger partial charge on any atom is 0.337 e. The van der Waals surface area contributed by atoms with Crippen LogP contribution in [0.3, 0.4) is 0 Å². The third kappa shape index (κ3) is 6.24. The first-order valence-electron chi connectivity index (χ1n) is 9.23. The summed E-state index contributed by atoms with van der Waals surface area (Å²) < 4.78 is 9.62. The van der Waals surface area contributed by atoms with Gasteiger partial charge < -0.3 is 14.8 Å². The molecule has 0 heterocycles. The van der Waals surface area contributed by atoms with Crippen LogP contribution >= 0.6 is 0 Å².